The highest BCUT2D eigenvalue weighted by atomic mass is 127. The van der Waals surface area contributed by atoms with Crippen LogP contribution in [0.25, 0.3) is 0 Å². The van der Waals surface area contributed by atoms with Crippen molar-refractivity contribution >= 4 is 17.2 Å². The van der Waals surface area contributed by atoms with Gasteiger partial charge in [-0.05, 0) is 32.9 Å². The van der Waals surface area contributed by atoms with E-state index >= 15 is 0 Å². The van der Waals surface area contributed by atoms with Gasteiger partial charge in [0.1, 0.15) is 18.8 Å². The van der Waals surface area contributed by atoms with E-state index in [-0.39, 0.29) is 40.0 Å². The fourth-order valence-electron chi connectivity index (χ4n) is 2.65. The van der Waals surface area contributed by atoms with Crippen LogP contribution in [0.2, 0.25) is 0 Å². The first-order chi connectivity index (χ1) is 8.80. The van der Waals surface area contributed by atoms with Crippen molar-refractivity contribution in [1.29, 1.82) is 0 Å². The Morgan fingerprint density at radius 1 is 1.25 bits per heavy atom. The summed E-state index contributed by atoms with van der Waals surface area (Å²) in [6.45, 7) is 8.44. The molecule has 1 aromatic carbocycles. The summed E-state index contributed by atoms with van der Waals surface area (Å²) in [7, 11) is 2.09. The average Bonchev–Trinajstić information content (AvgIpc) is 2.71. The molecule has 1 aliphatic heterocycles. The number of rotatable bonds is 2. The van der Waals surface area contributed by atoms with Crippen LogP contribution in [-0.2, 0) is 0 Å². The van der Waals surface area contributed by atoms with Gasteiger partial charge < -0.3 is 24.0 Å². The lowest BCUT2D eigenvalue weighted by atomic mass is 9.94. The summed E-state index contributed by atoms with van der Waals surface area (Å²) in [5.41, 5.74) is 1.20. The molecule has 0 N–H and O–H groups in total. The van der Waals surface area contributed by atoms with Gasteiger partial charge in [0, 0.05) is 12.1 Å². The minimum atomic E-state index is -0.367. The van der Waals surface area contributed by atoms with Gasteiger partial charge in [0.25, 0.3) is 11.5 Å². The first kappa shape index (κ1) is 16.9. The lowest BCUT2D eigenvalue weighted by Crippen LogP contribution is -3.00. The largest absolute Gasteiger partial charge is 1.00 e. The smallest absolute Gasteiger partial charge is 0.269 e. The van der Waals surface area contributed by atoms with Crippen molar-refractivity contribution in [2.24, 2.45) is 5.41 Å². The molecule has 110 valence electrons. The third-order valence-corrected chi connectivity index (χ3v) is 3.32. The number of benzene rings is 1. The van der Waals surface area contributed by atoms with E-state index in [1.807, 2.05) is 12.1 Å². The third-order valence-electron chi connectivity index (χ3n) is 3.32. The minimum absolute atomic E-state index is 0. The van der Waals surface area contributed by atoms with Crippen LogP contribution >= 0.6 is 0 Å². The summed E-state index contributed by atoms with van der Waals surface area (Å²) in [6.07, 6.45) is 0. The average molecular weight is 389 g/mol. The molecule has 0 amide bonds. The van der Waals surface area contributed by atoms with E-state index in [2.05, 4.69) is 37.3 Å². The molecule has 0 bridgehead atoms. The zero-order valence-electron chi connectivity index (χ0n) is 12.3. The predicted octanol–water partition coefficient (Wildman–Crippen LogP) is -0.494. The maximum atomic E-state index is 10.7. The van der Waals surface area contributed by atoms with Gasteiger partial charge >= 0.3 is 0 Å². The van der Waals surface area contributed by atoms with E-state index in [1.54, 1.807) is 12.1 Å². The first-order valence-electron chi connectivity index (χ1n) is 6.41. The molecule has 1 aromatic rings. The Morgan fingerprint density at radius 2 is 1.80 bits per heavy atom. The van der Waals surface area contributed by atoms with E-state index in [0.29, 0.717) is 0 Å². The van der Waals surface area contributed by atoms with E-state index in [9.17, 15) is 10.1 Å². The number of halogens is 1. The van der Waals surface area contributed by atoms with Crippen molar-refractivity contribution in [3.63, 3.8) is 0 Å². The van der Waals surface area contributed by atoms with Gasteiger partial charge in [0.15, 0.2) is 0 Å². The number of nitro groups is 1. The fraction of sp³-hybridized carbons (Fsp3) is 0.500. The lowest BCUT2D eigenvalue weighted by Gasteiger charge is -2.22. The predicted molar refractivity (Wildman–Crippen MR) is 76.0 cm³/mol. The maximum Gasteiger partial charge on any atom is 0.269 e. The molecule has 0 unspecified atom stereocenters. The Morgan fingerprint density at radius 3 is 2.25 bits per heavy atom. The van der Waals surface area contributed by atoms with Gasteiger partial charge in [-0.2, -0.15) is 0 Å². The Hall–Kier alpha value is -1.18. The molecule has 1 heterocycles. The fourth-order valence-corrected chi connectivity index (χ4v) is 2.65. The molecule has 0 atom stereocenters. The van der Waals surface area contributed by atoms with Gasteiger partial charge in [-0.3, -0.25) is 14.7 Å². The number of amidine groups is 1. The molecule has 2 rings (SSSR count). The van der Waals surface area contributed by atoms with Crippen LogP contribution in [0, 0.1) is 15.5 Å². The Bertz CT molecular complexity index is 532. The molecular formula is C14H20IN3O2. The van der Waals surface area contributed by atoms with Gasteiger partial charge in [-0.15, -0.1) is 0 Å². The van der Waals surface area contributed by atoms with Crippen LogP contribution < -0.4 is 28.9 Å². The molecule has 0 saturated heterocycles. The SMILES string of the molecule is C[N+]1=C(C(C)(C)C)N(c2ccc([N+](=O)[O-])cc2)CC1.[I-]. The van der Waals surface area contributed by atoms with Crippen LogP contribution in [0.4, 0.5) is 11.4 Å². The highest BCUT2D eigenvalue weighted by molar-refractivity contribution is 5.98. The molecule has 5 nitrogen and oxygen atoms in total. The van der Waals surface area contributed by atoms with Crippen LogP contribution in [0.1, 0.15) is 20.8 Å². The summed E-state index contributed by atoms with van der Waals surface area (Å²) >= 11 is 0. The van der Waals surface area contributed by atoms with Crippen molar-refractivity contribution in [1.82, 2.24) is 0 Å². The van der Waals surface area contributed by atoms with E-state index in [1.165, 1.54) is 5.84 Å². The van der Waals surface area contributed by atoms with Gasteiger partial charge in [-0.25, -0.2) is 4.90 Å². The Kier molecular flexibility index (Phi) is 5.12. The molecule has 0 aromatic heterocycles. The second-order valence-corrected chi connectivity index (χ2v) is 5.92. The number of nitro benzene ring substituents is 1. The Balaban J connectivity index is 0.00000200. The first-order valence-corrected chi connectivity index (χ1v) is 6.41. The van der Waals surface area contributed by atoms with E-state index in [0.717, 1.165) is 18.8 Å². The molecule has 0 spiro atoms. The summed E-state index contributed by atoms with van der Waals surface area (Å²) in [5, 5.41) is 10.7. The van der Waals surface area contributed by atoms with Crippen molar-refractivity contribution in [3.05, 3.63) is 34.4 Å². The zero-order valence-corrected chi connectivity index (χ0v) is 14.4. The molecule has 0 aliphatic carbocycles. The second-order valence-electron chi connectivity index (χ2n) is 5.92. The normalized spacial score (nSPS) is 15.3. The molecule has 1 aliphatic rings. The standard InChI is InChI=1S/C14H20N3O2.HI/c1-14(2,3)13-15(4)9-10-16(13)11-5-7-12(8-6-11)17(18)19;/h5-8H,9-10H2,1-4H3;1H/q+1;/p-1. The summed E-state index contributed by atoms with van der Waals surface area (Å²) < 4.78 is 2.25. The number of anilines is 1. The third kappa shape index (κ3) is 3.28. The van der Waals surface area contributed by atoms with Gasteiger partial charge in [-0.1, -0.05) is 0 Å². The lowest BCUT2D eigenvalue weighted by molar-refractivity contribution is -0.489. The van der Waals surface area contributed by atoms with Crippen LogP contribution in [0.5, 0.6) is 0 Å². The van der Waals surface area contributed by atoms with Crippen molar-refractivity contribution in [2.75, 3.05) is 25.0 Å². The molecule has 20 heavy (non-hydrogen) atoms. The molecule has 0 radical (unpaired) electrons. The monoisotopic (exact) mass is 389 g/mol. The minimum Gasteiger partial charge on any atom is -1.00 e. The number of hydrogen-bond acceptors (Lipinski definition) is 3. The van der Waals surface area contributed by atoms with E-state index < -0.39 is 0 Å². The van der Waals surface area contributed by atoms with Crippen LogP contribution in [-0.4, -0.2) is 35.5 Å². The number of non-ortho nitro benzene ring substituents is 1. The number of nitrogens with zero attached hydrogens (tertiary/aromatic N) is 3. The van der Waals surface area contributed by atoms with Gasteiger partial charge in [0.2, 0.25) is 0 Å². The zero-order chi connectivity index (χ0) is 14.2. The summed E-state index contributed by atoms with van der Waals surface area (Å²) in [4.78, 5) is 12.6. The molecular weight excluding hydrogens is 369 g/mol. The van der Waals surface area contributed by atoms with Crippen molar-refractivity contribution in [2.45, 2.75) is 20.8 Å². The van der Waals surface area contributed by atoms with Crippen molar-refractivity contribution < 1.29 is 33.5 Å². The van der Waals surface area contributed by atoms with Crippen LogP contribution in [0.15, 0.2) is 24.3 Å². The highest BCUT2D eigenvalue weighted by Gasteiger charge is 2.39. The molecule has 0 fully saturated rings. The number of likely N-dealkylation sites (N-methyl/N-ethyl adjacent to an activating group) is 1. The molecule has 0 saturated carbocycles. The topological polar surface area (TPSA) is 49.4 Å². The number of hydrogen-bond donors (Lipinski definition) is 0. The molecule has 6 heteroatoms. The van der Waals surface area contributed by atoms with Gasteiger partial charge in [0.05, 0.1) is 17.4 Å². The highest BCUT2D eigenvalue weighted by Crippen LogP contribution is 2.28. The Labute approximate surface area is 136 Å². The van der Waals surface area contributed by atoms with E-state index in [4.69, 9.17) is 0 Å². The van der Waals surface area contributed by atoms with Crippen LogP contribution in [0.3, 0.4) is 0 Å². The second kappa shape index (κ2) is 6.07. The maximum absolute atomic E-state index is 10.7. The van der Waals surface area contributed by atoms with Crippen molar-refractivity contribution in [3.8, 4) is 0 Å². The summed E-state index contributed by atoms with van der Waals surface area (Å²) in [6, 6.07) is 6.77. The quantitative estimate of drug-likeness (QED) is 0.297. The summed E-state index contributed by atoms with van der Waals surface area (Å²) in [5.74, 6) is 1.25.